The molecular weight excluding hydrogens is 943 g/mol. The minimum absolute atomic E-state index is 0. The molecule has 0 aliphatic heterocycles. The van der Waals surface area contributed by atoms with E-state index >= 15 is 0 Å². The van der Waals surface area contributed by atoms with Gasteiger partial charge in [0.15, 0.2) is 30.5 Å². The molecule has 0 fully saturated rings. The van der Waals surface area contributed by atoms with Crippen molar-refractivity contribution in [1.29, 1.82) is 0 Å². The van der Waals surface area contributed by atoms with Gasteiger partial charge in [-0.3, -0.25) is 0 Å². The number of rotatable bonds is 25. The van der Waals surface area contributed by atoms with Crippen LogP contribution in [0.1, 0.15) is 0 Å². The van der Waals surface area contributed by atoms with Gasteiger partial charge in [0.2, 0.25) is 0 Å². The summed E-state index contributed by atoms with van der Waals surface area (Å²) in [5, 5.41) is 259. The molecule has 0 rings (SSSR count). The Bertz CT molecular complexity index is 1080. The van der Waals surface area contributed by atoms with Gasteiger partial charge in [0.25, 0.3) is 0 Å². The van der Waals surface area contributed by atoms with E-state index in [1.54, 1.807) is 0 Å². The van der Waals surface area contributed by atoms with E-state index in [1.807, 2.05) is 0 Å². The number of aliphatic hydroxyl groups is 25. The average molecular weight is 1000 g/mol. The summed E-state index contributed by atoms with van der Waals surface area (Å²) in [5.74, 6) is -8.63. The topological polar surface area (TPSA) is 692 Å². The summed E-state index contributed by atoms with van der Waals surface area (Å²) in [6, 6.07) is 0. The predicted octanol–water partition coefficient (Wildman–Crippen LogP) is -18.1. The quantitative estimate of drug-likeness (QED) is 0.0378. The van der Waals surface area contributed by atoms with Crippen LogP contribution in [0.4, 0.5) is 0 Å². The first-order valence-corrected chi connectivity index (χ1v) is 17.4. The second-order valence-electron chi connectivity index (χ2n) is 12.6. The minimum atomic E-state index is -2.20. The Morgan fingerprint density at radius 2 is 0.318 bits per heavy atom. The molecule has 30 N–H and O–H groups in total. The van der Waals surface area contributed by atoms with Gasteiger partial charge in [-0.25, -0.2) is 24.0 Å². The Kier molecular flexibility index (Phi) is 44.5. The molecule has 0 saturated carbocycles. The molecular formula is C30H61NaO35. The van der Waals surface area contributed by atoms with Gasteiger partial charge < -0.3 is 153 Å². The summed E-state index contributed by atoms with van der Waals surface area (Å²) in [6.07, 6.45) is -39.2. The zero-order valence-corrected chi connectivity index (χ0v) is 33.0. The van der Waals surface area contributed by atoms with Crippen LogP contribution in [-0.2, 0) is 24.0 Å². The van der Waals surface area contributed by atoms with E-state index in [-0.39, 0.29) is 29.6 Å². The van der Waals surface area contributed by atoms with E-state index in [4.69, 9.17) is 153 Å². The van der Waals surface area contributed by atoms with Crippen LogP contribution in [0.15, 0.2) is 0 Å². The van der Waals surface area contributed by atoms with E-state index < -0.39 is 185 Å². The molecule has 392 valence electrons. The molecule has 0 radical (unpaired) electrons. The molecule has 0 aliphatic carbocycles. The molecule has 0 aromatic carbocycles. The molecule has 66 heavy (non-hydrogen) atoms. The first kappa shape index (κ1) is 74.9. The summed E-state index contributed by atoms with van der Waals surface area (Å²) in [4.78, 5) is 50.5. The molecule has 35 nitrogen and oxygen atoms in total. The van der Waals surface area contributed by atoms with Gasteiger partial charge in [0, 0.05) is 0 Å². The van der Waals surface area contributed by atoms with Crippen molar-refractivity contribution >= 4 is 59.4 Å². The maximum absolute atomic E-state index is 10.1. The average Bonchev–Trinajstić information content (AvgIpc) is 3.28. The predicted molar refractivity (Wildman–Crippen MR) is 201 cm³/mol. The van der Waals surface area contributed by atoms with Crippen molar-refractivity contribution in [3.8, 4) is 0 Å². The zero-order chi connectivity index (χ0) is 53.0. The number of hydrogen-bond acceptors (Lipinski definition) is 30. The third-order valence-corrected chi connectivity index (χ3v) is 7.54. The van der Waals surface area contributed by atoms with Gasteiger partial charge in [-0.2, -0.15) is 0 Å². The van der Waals surface area contributed by atoms with Crippen LogP contribution in [-0.4, -0.2) is 368 Å². The fourth-order valence-electron chi connectivity index (χ4n) is 3.34. The Balaban J connectivity index is -0.000000170. The number of hydrogen-bond donors (Lipinski definition) is 30. The van der Waals surface area contributed by atoms with E-state index in [2.05, 4.69) is 0 Å². The fraction of sp³-hybridized carbons (Fsp3) is 0.833. The second kappa shape index (κ2) is 39.2. The third-order valence-electron chi connectivity index (χ3n) is 7.54. The van der Waals surface area contributed by atoms with Gasteiger partial charge in [0.05, 0.1) is 33.0 Å². The van der Waals surface area contributed by atoms with Crippen molar-refractivity contribution in [1.82, 2.24) is 0 Å². The van der Waals surface area contributed by atoms with Crippen molar-refractivity contribution in [3.05, 3.63) is 0 Å². The number of carboxylic acids is 5. The Hall–Kier alpha value is -2.65. The van der Waals surface area contributed by atoms with Gasteiger partial charge in [-0.1, -0.05) is 0 Å². The van der Waals surface area contributed by atoms with Crippen LogP contribution in [0, 0.1) is 0 Å². The van der Waals surface area contributed by atoms with Crippen molar-refractivity contribution in [3.63, 3.8) is 0 Å². The van der Waals surface area contributed by atoms with Crippen molar-refractivity contribution in [2.24, 2.45) is 0 Å². The Morgan fingerprint density at radius 3 is 0.379 bits per heavy atom. The molecule has 0 aromatic rings. The molecule has 0 saturated heterocycles. The number of aliphatic carboxylic acids is 5. The summed E-state index contributed by atoms with van der Waals surface area (Å²) >= 11 is 0. The fourth-order valence-corrected chi connectivity index (χ4v) is 3.34. The Labute approximate surface area is 390 Å². The van der Waals surface area contributed by atoms with Gasteiger partial charge in [0.1, 0.15) is 91.6 Å². The molecule has 0 amide bonds. The van der Waals surface area contributed by atoms with Crippen molar-refractivity contribution < 1.29 is 177 Å². The summed E-state index contributed by atoms with van der Waals surface area (Å²) in [5.41, 5.74) is 0. The Morgan fingerprint density at radius 1 is 0.227 bits per heavy atom. The maximum atomic E-state index is 10.1. The summed E-state index contributed by atoms with van der Waals surface area (Å²) in [6.45, 7) is -4.21. The van der Waals surface area contributed by atoms with Crippen LogP contribution < -0.4 is 0 Å². The van der Waals surface area contributed by atoms with Crippen LogP contribution in [0.5, 0.6) is 0 Å². The SMILES string of the molecule is O=C(O)[C@H](O)[C@@H](O)[C@H](O)[C@H](O)CO.O=C(O)[C@H](O)[C@@H](O)[C@H](O)[C@H](O)CO.O=C(O)[C@H](O)[C@@H](O)[C@H](O)[C@H](O)CO.O=C(O)[C@H](O)[C@@H](O)[C@H](O)[C@H](O)CO.O=C(O)[C@H](O)[C@@H](O)[C@H](O)[C@H](O)CO.[NaH]. The molecule has 36 heteroatoms. The van der Waals surface area contributed by atoms with Crippen LogP contribution in [0.3, 0.4) is 0 Å². The molecule has 0 unspecified atom stereocenters. The van der Waals surface area contributed by atoms with Crippen molar-refractivity contribution in [2.75, 3.05) is 33.0 Å². The van der Waals surface area contributed by atoms with Gasteiger partial charge in [-0.15, -0.1) is 0 Å². The zero-order valence-electron chi connectivity index (χ0n) is 33.0. The standard InChI is InChI=1S/5C6H12O7.Na.H/c5*7-1-2(8)3(9)4(10)5(11)6(12)13;;/h5*2-5,7-11H,1H2,(H,12,13);;/t5*2-,3-,4+,5-;;/m11111../s1. The third kappa shape index (κ3) is 29.3. The van der Waals surface area contributed by atoms with E-state index in [0.717, 1.165) is 0 Å². The van der Waals surface area contributed by atoms with Gasteiger partial charge in [-0.05, 0) is 0 Å². The molecule has 0 spiro atoms. The summed E-state index contributed by atoms with van der Waals surface area (Å²) in [7, 11) is 0. The van der Waals surface area contributed by atoms with E-state index in [1.165, 1.54) is 0 Å². The number of aliphatic hydroxyl groups excluding tert-OH is 25. The molecule has 0 aliphatic rings. The number of carbonyl (C=O) groups is 5. The normalized spacial score (nSPS) is 20.1. The second-order valence-corrected chi connectivity index (χ2v) is 12.6. The number of carboxylic acid groups (broad SMARTS) is 5. The molecule has 0 heterocycles. The first-order chi connectivity index (χ1) is 29.6. The molecule has 20 atom stereocenters. The van der Waals surface area contributed by atoms with Crippen LogP contribution >= 0.6 is 0 Å². The van der Waals surface area contributed by atoms with Gasteiger partial charge >= 0.3 is 59.4 Å². The van der Waals surface area contributed by atoms with Crippen LogP contribution in [0.2, 0.25) is 0 Å². The van der Waals surface area contributed by atoms with Crippen LogP contribution in [0.25, 0.3) is 0 Å². The molecule has 0 bridgehead atoms. The monoisotopic (exact) mass is 1000 g/mol. The summed E-state index contributed by atoms with van der Waals surface area (Å²) < 4.78 is 0. The van der Waals surface area contributed by atoms with E-state index in [9.17, 15) is 24.0 Å². The van der Waals surface area contributed by atoms with Crippen molar-refractivity contribution in [2.45, 2.75) is 122 Å². The van der Waals surface area contributed by atoms with E-state index in [0.29, 0.717) is 0 Å². The molecule has 0 aromatic heterocycles. The first-order valence-electron chi connectivity index (χ1n) is 17.4.